The van der Waals surface area contributed by atoms with Crippen LogP contribution in [0, 0.1) is 0 Å². The van der Waals surface area contributed by atoms with Gasteiger partial charge in [-0.2, -0.15) is 0 Å². The van der Waals surface area contributed by atoms with E-state index in [-0.39, 0.29) is 11.9 Å². The Hall–Kier alpha value is -2.64. The number of benzene rings is 1. The van der Waals surface area contributed by atoms with Crippen LogP contribution >= 0.6 is 0 Å². The molecule has 272 valence electrons. The molecule has 0 aliphatic carbocycles. The second kappa shape index (κ2) is 31.9. The minimum atomic E-state index is -0.326. The van der Waals surface area contributed by atoms with Crippen LogP contribution in [0.25, 0.3) is 0 Å². The molecule has 1 aromatic rings. The summed E-state index contributed by atoms with van der Waals surface area (Å²) >= 11 is 0. The number of likely N-dealkylation sites (N-methyl/N-ethyl adjacent to an activating group) is 1. The Morgan fingerprint density at radius 2 is 1.26 bits per heavy atom. The molecule has 0 aliphatic rings. The summed E-state index contributed by atoms with van der Waals surface area (Å²) in [7, 11) is 1.00. The van der Waals surface area contributed by atoms with Crippen LogP contribution in [-0.4, -0.2) is 68.0 Å². The van der Waals surface area contributed by atoms with E-state index in [4.69, 9.17) is 14.6 Å². The van der Waals surface area contributed by atoms with Crippen molar-refractivity contribution in [2.75, 3.05) is 51.8 Å². The minimum Gasteiger partial charge on any atom is -0.493 e. The molecule has 2 N–H and O–H groups in total. The molecule has 7 nitrogen and oxygen atoms in total. The van der Waals surface area contributed by atoms with E-state index in [2.05, 4.69) is 33.0 Å². The SMILES string of the molecule is C/C=C(C(=O)Nc1ccc(C(=O)OCC[N+](CC)(CC)CCCCCCCC)cc1)\C(=C/CC)OCCCCCCCC.CC.CO. The van der Waals surface area contributed by atoms with Gasteiger partial charge in [0.25, 0.3) is 5.91 Å². The summed E-state index contributed by atoms with van der Waals surface area (Å²) in [6, 6.07) is 6.92. The standard InChI is InChI=1S/C37H62N2O4.C2H6.CH4O/c1-7-13-15-17-19-21-28-39(11-5,12-6)29-31-43-37(41)32-24-26-33(27-25-32)38-36(40)34(10-4)35(23-9-3)42-30-22-20-18-16-14-8-2;2*1-2/h10,23-27H,7-9,11-22,28-31H2,1-6H3;1-2H3;2H,1H3/p+1/b34-10+,35-23+;;. The van der Waals surface area contributed by atoms with Gasteiger partial charge in [-0.15, -0.1) is 0 Å². The summed E-state index contributed by atoms with van der Waals surface area (Å²) in [5, 5.41) is 9.95. The van der Waals surface area contributed by atoms with E-state index in [0.29, 0.717) is 35.8 Å². The molecule has 47 heavy (non-hydrogen) atoms. The highest BCUT2D eigenvalue weighted by Gasteiger charge is 2.23. The van der Waals surface area contributed by atoms with Gasteiger partial charge in [0.1, 0.15) is 18.9 Å². The number of amides is 1. The molecule has 0 aliphatic heterocycles. The van der Waals surface area contributed by atoms with Crippen LogP contribution in [0.5, 0.6) is 0 Å². The topological polar surface area (TPSA) is 84.9 Å². The van der Waals surface area contributed by atoms with E-state index in [1.54, 1.807) is 30.3 Å². The zero-order valence-electron chi connectivity index (χ0n) is 31.9. The second-order valence-corrected chi connectivity index (χ2v) is 11.7. The Morgan fingerprint density at radius 3 is 1.77 bits per heavy atom. The maximum absolute atomic E-state index is 13.1. The molecular weight excluding hydrogens is 588 g/mol. The van der Waals surface area contributed by atoms with Gasteiger partial charge in [-0.1, -0.05) is 98.5 Å². The Labute approximate surface area is 289 Å². The molecule has 0 radical (unpaired) electrons. The number of unbranched alkanes of at least 4 members (excludes halogenated alkanes) is 10. The zero-order valence-corrected chi connectivity index (χ0v) is 31.9. The number of ether oxygens (including phenoxy) is 2. The largest absolute Gasteiger partial charge is 0.493 e. The Kier molecular flexibility index (Phi) is 31.6. The molecule has 0 spiro atoms. The molecule has 0 saturated carbocycles. The first-order valence-electron chi connectivity index (χ1n) is 18.8. The molecule has 0 saturated heterocycles. The highest BCUT2D eigenvalue weighted by Crippen LogP contribution is 2.19. The lowest BCUT2D eigenvalue weighted by molar-refractivity contribution is -0.925. The van der Waals surface area contributed by atoms with E-state index >= 15 is 0 Å². The van der Waals surface area contributed by atoms with Crippen molar-refractivity contribution in [3.05, 3.63) is 53.3 Å². The van der Waals surface area contributed by atoms with Crippen LogP contribution in [0.15, 0.2) is 47.7 Å². The smallest absolute Gasteiger partial charge is 0.338 e. The summed E-state index contributed by atoms with van der Waals surface area (Å²) in [6.07, 6.45) is 19.4. The zero-order chi connectivity index (χ0) is 35.8. The first-order chi connectivity index (χ1) is 22.9. The van der Waals surface area contributed by atoms with E-state index in [9.17, 15) is 9.59 Å². The van der Waals surface area contributed by atoms with Gasteiger partial charge in [0.15, 0.2) is 0 Å². The molecule has 7 heteroatoms. The molecule has 1 amide bonds. The molecule has 0 fully saturated rings. The third kappa shape index (κ3) is 21.1. The molecule has 0 aromatic heterocycles. The summed E-state index contributed by atoms with van der Waals surface area (Å²) in [6.45, 7) is 21.9. The number of aliphatic hydroxyl groups excluding tert-OH is 1. The number of nitrogens with zero attached hydrogens (tertiary/aromatic N) is 1. The first kappa shape index (κ1) is 46.5. The number of nitrogens with one attached hydrogen (secondary N) is 1. The van der Waals surface area contributed by atoms with Crippen LogP contribution in [-0.2, 0) is 14.3 Å². The number of quaternary nitrogens is 1. The molecule has 0 bridgehead atoms. The number of anilines is 1. The second-order valence-electron chi connectivity index (χ2n) is 11.7. The van der Waals surface area contributed by atoms with Crippen molar-refractivity contribution in [3.63, 3.8) is 0 Å². The van der Waals surface area contributed by atoms with Crippen molar-refractivity contribution < 1.29 is 28.7 Å². The highest BCUT2D eigenvalue weighted by molar-refractivity contribution is 6.06. The third-order valence-electron chi connectivity index (χ3n) is 8.45. The van der Waals surface area contributed by atoms with Gasteiger partial charge < -0.3 is 24.4 Å². The van der Waals surface area contributed by atoms with Crippen LogP contribution in [0.3, 0.4) is 0 Å². The van der Waals surface area contributed by atoms with E-state index in [1.165, 1.54) is 64.2 Å². The van der Waals surface area contributed by atoms with Crippen LogP contribution in [0.2, 0.25) is 0 Å². The fourth-order valence-corrected chi connectivity index (χ4v) is 5.38. The van der Waals surface area contributed by atoms with E-state index < -0.39 is 0 Å². The van der Waals surface area contributed by atoms with Crippen molar-refractivity contribution in [2.45, 2.75) is 139 Å². The van der Waals surface area contributed by atoms with Gasteiger partial charge in [-0.25, -0.2) is 4.79 Å². The van der Waals surface area contributed by atoms with Crippen molar-refractivity contribution in [1.29, 1.82) is 0 Å². The Bertz CT molecular complexity index is 952. The molecular formula is C40H73N2O5+. The Morgan fingerprint density at radius 1 is 0.723 bits per heavy atom. The fourth-order valence-electron chi connectivity index (χ4n) is 5.38. The number of rotatable bonds is 25. The lowest BCUT2D eigenvalue weighted by atomic mass is 10.1. The average molecular weight is 662 g/mol. The van der Waals surface area contributed by atoms with Crippen LogP contribution in [0.4, 0.5) is 5.69 Å². The maximum Gasteiger partial charge on any atom is 0.338 e. The Balaban J connectivity index is 0. The predicted molar refractivity (Wildman–Crippen MR) is 201 cm³/mol. The van der Waals surface area contributed by atoms with Crippen molar-refractivity contribution in [2.24, 2.45) is 0 Å². The van der Waals surface area contributed by atoms with Crippen molar-refractivity contribution in [1.82, 2.24) is 0 Å². The molecule has 0 heterocycles. The van der Waals surface area contributed by atoms with Crippen molar-refractivity contribution in [3.8, 4) is 0 Å². The molecule has 0 atom stereocenters. The van der Waals surface area contributed by atoms with E-state index in [1.807, 2.05) is 33.8 Å². The number of carbonyl (C=O) groups is 2. The maximum atomic E-state index is 13.1. The summed E-state index contributed by atoms with van der Waals surface area (Å²) in [4.78, 5) is 25.9. The minimum absolute atomic E-state index is 0.223. The third-order valence-corrected chi connectivity index (χ3v) is 8.45. The lowest BCUT2D eigenvalue weighted by Gasteiger charge is -2.36. The predicted octanol–water partition coefficient (Wildman–Crippen LogP) is 10.3. The molecule has 1 rings (SSSR count). The summed E-state index contributed by atoms with van der Waals surface area (Å²) in [5.74, 6) is 0.0774. The van der Waals surface area contributed by atoms with Crippen LogP contribution < -0.4 is 5.32 Å². The quantitative estimate of drug-likeness (QED) is 0.0272. The van der Waals surface area contributed by atoms with Gasteiger partial charge in [-0.3, -0.25) is 4.79 Å². The monoisotopic (exact) mass is 662 g/mol. The summed E-state index contributed by atoms with van der Waals surface area (Å²) < 4.78 is 12.7. The van der Waals surface area contributed by atoms with Gasteiger partial charge in [0, 0.05) is 12.8 Å². The number of hydrogen-bond acceptors (Lipinski definition) is 5. The van der Waals surface area contributed by atoms with Gasteiger partial charge >= 0.3 is 5.97 Å². The number of carbonyl (C=O) groups excluding carboxylic acids is 2. The number of hydrogen-bond donors (Lipinski definition) is 2. The van der Waals surface area contributed by atoms with Crippen LogP contribution in [0.1, 0.15) is 149 Å². The molecule has 1 aromatic carbocycles. The lowest BCUT2D eigenvalue weighted by Crippen LogP contribution is -2.50. The highest BCUT2D eigenvalue weighted by atomic mass is 16.5. The number of esters is 1. The van der Waals surface area contributed by atoms with Crippen molar-refractivity contribution >= 4 is 17.6 Å². The average Bonchev–Trinajstić information content (AvgIpc) is 3.11. The van der Waals surface area contributed by atoms with Gasteiger partial charge in [0.05, 0.1) is 37.4 Å². The summed E-state index contributed by atoms with van der Waals surface area (Å²) in [5.41, 5.74) is 1.63. The first-order valence-corrected chi connectivity index (χ1v) is 18.8. The normalized spacial score (nSPS) is 11.5. The number of aliphatic hydroxyl groups is 1. The number of allylic oxidation sites excluding steroid dienone is 2. The molecule has 0 unspecified atom stereocenters. The van der Waals surface area contributed by atoms with E-state index in [0.717, 1.165) is 57.0 Å². The fraction of sp³-hybridized carbons (Fsp3) is 0.700. The van der Waals surface area contributed by atoms with Gasteiger partial charge in [0.2, 0.25) is 0 Å². The van der Waals surface area contributed by atoms with Gasteiger partial charge in [-0.05, 0) is 76.8 Å².